The summed E-state index contributed by atoms with van der Waals surface area (Å²) in [4.78, 5) is 26.3. The number of methoxy groups -OCH3 is 1. The molecule has 0 radical (unpaired) electrons. The second-order valence-electron chi connectivity index (χ2n) is 6.79. The van der Waals surface area contributed by atoms with Crippen LogP contribution in [0.5, 0.6) is 11.5 Å². The minimum Gasteiger partial charge on any atom is -0.493 e. The fourth-order valence-electron chi connectivity index (χ4n) is 3.32. The number of carbonyl (C=O) groups excluding carboxylic acids is 2. The third-order valence-corrected chi connectivity index (χ3v) is 5.01. The van der Waals surface area contributed by atoms with Crippen molar-refractivity contribution in [2.45, 2.75) is 19.5 Å². The average molecular weight is 439 g/mol. The lowest BCUT2D eigenvalue weighted by atomic mass is 10.1. The van der Waals surface area contributed by atoms with Crippen molar-refractivity contribution in [2.75, 3.05) is 25.1 Å². The second-order valence-corrected chi connectivity index (χ2v) is 7.23. The zero-order valence-electron chi connectivity index (χ0n) is 16.2. The van der Waals surface area contributed by atoms with Gasteiger partial charge >= 0.3 is 6.61 Å². The van der Waals surface area contributed by atoms with E-state index in [9.17, 15) is 18.4 Å². The first-order chi connectivity index (χ1) is 14.4. The summed E-state index contributed by atoms with van der Waals surface area (Å²) < 4.78 is 34.5. The van der Waals surface area contributed by atoms with Crippen molar-refractivity contribution in [1.82, 2.24) is 5.32 Å². The molecule has 1 aliphatic heterocycles. The Bertz CT molecular complexity index is 926. The van der Waals surface area contributed by atoms with Crippen molar-refractivity contribution in [2.24, 2.45) is 5.92 Å². The van der Waals surface area contributed by atoms with E-state index in [0.29, 0.717) is 29.2 Å². The lowest BCUT2D eigenvalue weighted by Gasteiger charge is -2.17. The molecule has 2 aromatic carbocycles. The quantitative estimate of drug-likeness (QED) is 0.683. The van der Waals surface area contributed by atoms with Crippen LogP contribution in [0.15, 0.2) is 42.5 Å². The fourth-order valence-corrected chi connectivity index (χ4v) is 3.50. The molecule has 2 aromatic rings. The predicted octanol–water partition coefficient (Wildman–Crippen LogP) is 3.66. The van der Waals surface area contributed by atoms with Gasteiger partial charge in [-0.1, -0.05) is 23.7 Å². The van der Waals surface area contributed by atoms with Gasteiger partial charge in [-0.2, -0.15) is 8.78 Å². The smallest absolute Gasteiger partial charge is 0.387 e. The summed E-state index contributed by atoms with van der Waals surface area (Å²) in [7, 11) is 1.36. The predicted molar refractivity (Wildman–Crippen MR) is 108 cm³/mol. The van der Waals surface area contributed by atoms with Crippen molar-refractivity contribution in [3.8, 4) is 11.5 Å². The number of carbonyl (C=O) groups is 2. The van der Waals surface area contributed by atoms with E-state index in [1.54, 1.807) is 35.2 Å². The van der Waals surface area contributed by atoms with E-state index in [1.807, 2.05) is 0 Å². The standard InChI is InChI=1S/C21H21ClF2N2O4/c1-29-17-6-5-13(9-18(17)30-21(23)24)7-8-25-20(28)14-10-19(27)26(12-14)16-4-2-3-15(22)11-16/h2-6,9,11,14,21H,7-8,10,12H2,1H3,(H,25,28). The molecule has 2 amide bonds. The molecule has 1 fully saturated rings. The first kappa shape index (κ1) is 21.8. The van der Waals surface area contributed by atoms with Gasteiger partial charge < -0.3 is 19.7 Å². The van der Waals surface area contributed by atoms with Crippen molar-refractivity contribution >= 4 is 29.1 Å². The number of benzene rings is 2. The maximum atomic E-state index is 12.5. The number of alkyl halides is 2. The van der Waals surface area contributed by atoms with Crippen molar-refractivity contribution in [3.63, 3.8) is 0 Å². The molecule has 1 atom stereocenters. The molecule has 6 nitrogen and oxygen atoms in total. The van der Waals surface area contributed by atoms with E-state index in [4.69, 9.17) is 16.3 Å². The van der Waals surface area contributed by atoms with Gasteiger partial charge in [0.15, 0.2) is 11.5 Å². The lowest BCUT2D eigenvalue weighted by Crippen LogP contribution is -2.34. The molecule has 160 valence electrons. The Labute approximate surface area is 177 Å². The van der Waals surface area contributed by atoms with Crippen LogP contribution >= 0.6 is 11.6 Å². The summed E-state index contributed by atoms with van der Waals surface area (Å²) in [6, 6.07) is 11.6. The molecule has 30 heavy (non-hydrogen) atoms. The molecule has 0 aromatic heterocycles. The lowest BCUT2D eigenvalue weighted by molar-refractivity contribution is -0.126. The molecule has 1 saturated heterocycles. The van der Waals surface area contributed by atoms with Crippen molar-refractivity contribution in [3.05, 3.63) is 53.1 Å². The molecule has 9 heteroatoms. The summed E-state index contributed by atoms with van der Waals surface area (Å²) >= 11 is 5.98. The number of hydrogen-bond donors (Lipinski definition) is 1. The van der Waals surface area contributed by atoms with Gasteiger partial charge in [0, 0.05) is 30.2 Å². The average Bonchev–Trinajstić information content (AvgIpc) is 3.09. The van der Waals surface area contributed by atoms with Gasteiger partial charge in [-0.25, -0.2) is 0 Å². The molecule has 1 heterocycles. The highest BCUT2D eigenvalue weighted by atomic mass is 35.5. The van der Waals surface area contributed by atoms with E-state index >= 15 is 0 Å². The molecule has 3 rings (SSSR count). The van der Waals surface area contributed by atoms with Crippen LogP contribution in [0.2, 0.25) is 5.02 Å². The minimum absolute atomic E-state index is 0.0603. The molecule has 0 bridgehead atoms. The Morgan fingerprint density at radius 2 is 2.07 bits per heavy atom. The Kier molecular flexibility index (Phi) is 7.10. The summed E-state index contributed by atoms with van der Waals surface area (Å²) in [6.45, 7) is -2.39. The number of rotatable bonds is 8. The number of ether oxygens (including phenoxy) is 2. The van der Waals surface area contributed by atoms with Gasteiger partial charge in [0.25, 0.3) is 0 Å². The Balaban J connectivity index is 1.54. The monoisotopic (exact) mass is 438 g/mol. The molecular weight excluding hydrogens is 418 g/mol. The van der Waals surface area contributed by atoms with Crippen LogP contribution in [0.1, 0.15) is 12.0 Å². The van der Waals surface area contributed by atoms with Gasteiger partial charge in [-0.3, -0.25) is 9.59 Å². The van der Waals surface area contributed by atoms with Gasteiger partial charge in [0.05, 0.1) is 13.0 Å². The van der Waals surface area contributed by atoms with E-state index in [0.717, 1.165) is 0 Å². The molecule has 1 aliphatic rings. The largest absolute Gasteiger partial charge is 0.493 e. The van der Waals surface area contributed by atoms with Crippen LogP contribution in [-0.2, 0) is 16.0 Å². The molecule has 1 N–H and O–H groups in total. The van der Waals surface area contributed by atoms with Crippen LogP contribution in [0.4, 0.5) is 14.5 Å². The third-order valence-electron chi connectivity index (χ3n) is 4.77. The van der Waals surface area contributed by atoms with Gasteiger partial charge in [-0.05, 0) is 42.3 Å². The SMILES string of the molecule is COc1ccc(CCNC(=O)C2CC(=O)N(c3cccc(Cl)c3)C2)cc1OC(F)F. The molecular formula is C21H21ClF2N2O4. The van der Waals surface area contributed by atoms with E-state index in [-0.39, 0.29) is 36.3 Å². The zero-order chi connectivity index (χ0) is 21.7. The second kappa shape index (κ2) is 9.75. The Hall–Kier alpha value is -2.87. The summed E-state index contributed by atoms with van der Waals surface area (Å²) in [6.07, 6.45) is 0.529. The van der Waals surface area contributed by atoms with Crippen molar-refractivity contribution < 1.29 is 27.8 Å². The van der Waals surface area contributed by atoms with Gasteiger partial charge in [0.2, 0.25) is 11.8 Å². The highest BCUT2D eigenvalue weighted by Gasteiger charge is 2.35. The molecule has 0 saturated carbocycles. The van der Waals surface area contributed by atoms with Crippen molar-refractivity contribution in [1.29, 1.82) is 0 Å². The number of nitrogens with zero attached hydrogens (tertiary/aromatic N) is 1. The van der Waals surface area contributed by atoms with Gasteiger partial charge in [-0.15, -0.1) is 0 Å². The van der Waals surface area contributed by atoms with E-state index in [1.165, 1.54) is 19.2 Å². The number of amides is 2. The number of nitrogens with one attached hydrogen (secondary N) is 1. The van der Waals surface area contributed by atoms with Crippen LogP contribution in [0.3, 0.4) is 0 Å². The first-order valence-corrected chi connectivity index (χ1v) is 9.70. The summed E-state index contributed by atoms with van der Waals surface area (Å²) in [5.41, 5.74) is 1.36. The first-order valence-electron chi connectivity index (χ1n) is 9.32. The maximum absolute atomic E-state index is 12.5. The highest BCUT2D eigenvalue weighted by molar-refractivity contribution is 6.31. The maximum Gasteiger partial charge on any atom is 0.387 e. The summed E-state index contributed by atoms with van der Waals surface area (Å²) in [5, 5.41) is 3.32. The number of halogens is 3. The zero-order valence-corrected chi connectivity index (χ0v) is 17.0. The number of anilines is 1. The summed E-state index contributed by atoms with van der Waals surface area (Å²) in [5.74, 6) is -0.694. The van der Waals surface area contributed by atoms with Crippen LogP contribution < -0.4 is 19.7 Å². The fraction of sp³-hybridized carbons (Fsp3) is 0.333. The topological polar surface area (TPSA) is 67.9 Å². The molecule has 1 unspecified atom stereocenters. The number of hydrogen-bond acceptors (Lipinski definition) is 4. The third kappa shape index (κ3) is 5.38. The van der Waals surface area contributed by atoms with Gasteiger partial charge in [0.1, 0.15) is 0 Å². The minimum atomic E-state index is -2.96. The van der Waals surface area contributed by atoms with Crippen LogP contribution in [0.25, 0.3) is 0 Å². The molecule has 0 aliphatic carbocycles. The Morgan fingerprint density at radius 1 is 1.27 bits per heavy atom. The molecule has 0 spiro atoms. The van der Waals surface area contributed by atoms with E-state index in [2.05, 4.69) is 10.1 Å². The van der Waals surface area contributed by atoms with Crippen LogP contribution in [0, 0.1) is 5.92 Å². The van der Waals surface area contributed by atoms with Crippen LogP contribution in [-0.4, -0.2) is 38.6 Å². The highest BCUT2D eigenvalue weighted by Crippen LogP contribution is 2.30. The normalized spacial score (nSPS) is 16.1. The van der Waals surface area contributed by atoms with E-state index < -0.39 is 12.5 Å². The Morgan fingerprint density at radius 3 is 2.77 bits per heavy atom.